The highest BCUT2D eigenvalue weighted by Crippen LogP contribution is 2.12. The van der Waals surface area contributed by atoms with Gasteiger partial charge in [0.05, 0.1) is 19.8 Å². The van der Waals surface area contributed by atoms with Crippen molar-refractivity contribution in [2.24, 2.45) is 0 Å². The van der Waals surface area contributed by atoms with Crippen molar-refractivity contribution in [2.45, 2.75) is 32.5 Å². The molecule has 0 aliphatic carbocycles. The first-order valence-corrected chi connectivity index (χ1v) is 7.38. The van der Waals surface area contributed by atoms with Gasteiger partial charge in [-0.2, -0.15) is 0 Å². The smallest absolute Gasteiger partial charge is 0.119 e. The molecule has 1 fully saturated rings. The van der Waals surface area contributed by atoms with Crippen LogP contribution in [0.1, 0.15) is 19.4 Å². The molecule has 1 aromatic carbocycles. The number of benzene rings is 1. The van der Waals surface area contributed by atoms with Crippen LogP contribution in [0.15, 0.2) is 24.3 Å². The van der Waals surface area contributed by atoms with Gasteiger partial charge in [-0.05, 0) is 31.5 Å². The van der Waals surface area contributed by atoms with Crippen LogP contribution in [0.4, 0.5) is 0 Å². The molecule has 1 saturated heterocycles. The Balaban J connectivity index is 1.75. The lowest BCUT2D eigenvalue weighted by Gasteiger charge is -2.35. The first-order chi connectivity index (χ1) is 9.69. The Morgan fingerprint density at radius 2 is 2.30 bits per heavy atom. The molecule has 0 spiro atoms. The number of morpholine rings is 1. The zero-order chi connectivity index (χ0) is 14.4. The summed E-state index contributed by atoms with van der Waals surface area (Å²) in [5.41, 5.74) is 1.24. The summed E-state index contributed by atoms with van der Waals surface area (Å²) in [6, 6.07) is 8.76. The van der Waals surface area contributed by atoms with Gasteiger partial charge in [-0.3, -0.25) is 4.90 Å². The molecule has 1 atom stereocenters. The predicted octanol–water partition coefficient (Wildman–Crippen LogP) is 1.89. The monoisotopic (exact) mass is 278 g/mol. The van der Waals surface area contributed by atoms with Gasteiger partial charge in [-0.25, -0.2) is 0 Å². The van der Waals surface area contributed by atoms with E-state index >= 15 is 0 Å². The van der Waals surface area contributed by atoms with Crippen LogP contribution < -0.4 is 10.1 Å². The third-order valence-corrected chi connectivity index (χ3v) is 3.74. The van der Waals surface area contributed by atoms with Gasteiger partial charge < -0.3 is 14.8 Å². The fourth-order valence-electron chi connectivity index (χ4n) is 2.49. The van der Waals surface area contributed by atoms with Crippen molar-refractivity contribution in [2.75, 3.05) is 33.4 Å². The molecule has 1 aliphatic heterocycles. The minimum Gasteiger partial charge on any atom is -0.497 e. The van der Waals surface area contributed by atoms with E-state index < -0.39 is 0 Å². The number of hydrogen-bond acceptors (Lipinski definition) is 4. The van der Waals surface area contributed by atoms with Crippen LogP contribution in [0.5, 0.6) is 5.75 Å². The number of methoxy groups -OCH3 is 1. The molecule has 1 N–H and O–H groups in total. The van der Waals surface area contributed by atoms with Crippen molar-refractivity contribution in [3.63, 3.8) is 0 Å². The van der Waals surface area contributed by atoms with Crippen molar-refractivity contribution in [1.82, 2.24) is 10.2 Å². The molecule has 0 bridgehead atoms. The Labute approximate surface area is 122 Å². The first kappa shape index (κ1) is 15.3. The molecule has 4 heteroatoms. The van der Waals surface area contributed by atoms with Crippen molar-refractivity contribution in [1.29, 1.82) is 0 Å². The van der Waals surface area contributed by atoms with E-state index in [1.54, 1.807) is 7.11 Å². The van der Waals surface area contributed by atoms with Crippen LogP contribution in [0.2, 0.25) is 0 Å². The molecule has 0 amide bonds. The fraction of sp³-hybridized carbons (Fsp3) is 0.625. The number of hydrogen-bond donors (Lipinski definition) is 1. The SMILES string of the molecule is COc1cccc(CNCC2CN(C(C)C)CCO2)c1. The molecule has 0 radical (unpaired) electrons. The van der Waals surface area contributed by atoms with E-state index in [0.29, 0.717) is 6.04 Å². The van der Waals surface area contributed by atoms with Gasteiger partial charge in [-0.1, -0.05) is 12.1 Å². The number of ether oxygens (including phenoxy) is 2. The molecule has 20 heavy (non-hydrogen) atoms. The number of rotatable bonds is 6. The van der Waals surface area contributed by atoms with E-state index in [1.165, 1.54) is 5.56 Å². The van der Waals surface area contributed by atoms with Crippen LogP contribution >= 0.6 is 0 Å². The minimum atomic E-state index is 0.289. The van der Waals surface area contributed by atoms with E-state index in [1.807, 2.05) is 12.1 Å². The van der Waals surface area contributed by atoms with Crippen LogP contribution in [-0.4, -0.2) is 50.4 Å². The second kappa shape index (κ2) is 7.62. The lowest BCUT2D eigenvalue weighted by molar-refractivity contribution is -0.0372. The maximum atomic E-state index is 5.81. The Hall–Kier alpha value is -1.10. The van der Waals surface area contributed by atoms with Gasteiger partial charge >= 0.3 is 0 Å². The van der Waals surface area contributed by atoms with Crippen molar-refractivity contribution < 1.29 is 9.47 Å². The van der Waals surface area contributed by atoms with Crippen molar-refractivity contribution in [3.05, 3.63) is 29.8 Å². The lowest BCUT2D eigenvalue weighted by Crippen LogP contribution is -2.48. The molecule has 2 rings (SSSR count). The largest absolute Gasteiger partial charge is 0.497 e. The van der Waals surface area contributed by atoms with Crippen LogP contribution in [0.25, 0.3) is 0 Å². The van der Waals surface area contributed by atoms with Gasteiger partial charge in [0, 0.05) is 32.2 Å². The van der Waals surface area contributed by atoms with Crippen LogP contribution in [-0.2, 0) is 11.3 Å². The van der Waals surface area contributed by atoms with E-state index in [9.17, 15) is 0 Å². The summed E-state index contributed by atoms with van der Waals surface area (Å²) in [7, 11) is 1.70. The molecule has 1 unspecified atom stereocenters. The second-order valence-electron chi connectivity index (χ2n) is 5.56. The summed E-state index contributed by atoms with van der Waals surface area (Å²) in [5.74, 6) is 0.907. The van der Waals surface area contributed by atoms with Crippen molar-refractivity contribution >= 4 is 0 Å². The van der Waals surface area contributed by atoms with Gasteiger partial charge in [0.25, 0.3) is 0 Å². The quantitative estimate of drug-likeness (QED) is 0.861. The van der Waals surface area contributed by atoms with Crippen LogP contribution in [0.3, 0.4) is 0 Å². The molecular formula is C16H26N2O2. The predicted molar refractivity (Wildman–Crippen MR) is 81.1 cm³/mol. The molecule has 0 saturated carbocycles. The van der Waals surface area contributed by atoms with Gasteiger partial charge in [0.1, 0.15) is 5.75 Å². The zero-order valence-corrected chi connectivity index (χ0v) is 12.8. The summed E-state index contributed by atoms with van der Waals surface area (Å²) in [4.78, 5) is 2.47. The van der Waals surface area contributed by atoms with Gasteiger partial charge in [0.2, 0.25) is 0 Å². The topological polar surface area (TPSA) is 33.7 Å². The Kier molecular flexibility index (Phi) is 5.83. The van der Waals surface area contributed by atoms with E-state index in [0.717, 1.165) is 38.5 Å². The molecule has 1 aromatic rings. The lowest BCUT2D eigenvalue weighted by atomic mass is 10.2. The van der Waals surface area contributed by atoms with Gasteiger partial charge in [0.15, 0.2) is 0 Å². The third-order valence-electron chi connectivity index (χ3n) is 3.74. The standard InChI is InChI=1S/C16H26N2O2/c1-13(2)18-7-8-20-16(12-18)11-17-10-14-5-4-6-15(9-14)19-3/h4-6,9,13,16-17H,7-8,10-12H2,1-3H3. The van der Waals surface area contributed by atoms with Crippen LogP contribution in [0, 0.1) is 0 Å². The average Bonchev–Trinajstić information content (AvgIpc) is 2.48. The molecule has 4 nitrogen and oxygen atoms in total. The highest BCUT2D eigenvalue weighted by atomic mass is 16.5. The number of nitrogens with one attached hydrogen (secondary N) is 1. The molecule has 112 valence electrons. The normalized spacial score (nSPS) is 20.3. The molecule has 1 aliphatic rings. The summed E-state index contributed by atoms with van der Waals surface area (Å²) in [6.07, 6.45) is 0.289. The van der Waals surface area contributed by atoms with Gasteiger partial charge in [-0.15, -0.1) is 0 Å². The summed E-state index contributed by atoms with van der Waals surface area (Å²) >= 11 is 0. The van der Waals surface area contributed by atoms with E-state index in [-0.39, 0.29) is 6.10 Å². The summed E-state index contributed by atoms with van der Waals surface area (Å²) in [6.45, 7) is 9.12. The third kappa shape index (κ3) is 4.47. The minimum absolute atomic E-state index is 0.289. The van der Waals surface area contributed by atoms with Crippen molar-refractivity contribution in [3.8, 4) is 5.75 Å². The Morgan fingerprint density at radius 3 is 3.05 bits per heavy atom. The van der Waals surface area contributed by atoms with E-state index in [4.69, 9.17) is 9.47 Å². The maximum absolute atomic E-state index is 5.81. The highest BCUT2D eigenvalue weighted by Gasteiger charge is 2.21. The number of nitrogens with zero attached hydrogens (tertiary/aromatic N) is 1. The summed E-state index contributed by atoms with van der Waals surface area (Å²) in [5, 5.41) is 3.47. The Bertz CT molecular complexity index is 409. The molecule has 1 heterocycles. The highest BCUT2D eigenvalue weighted by molar-refractivity contribution is 5.28. The average molecular weight is 278 g/mol. The second-order valence-corrected chi connectivity index (χ2v) is 5.56. The molecule has 0 aromatic heterocycles. The molecular weight excluding hydrogens is 252 g/mol. The maximum Gasteiger partial charge on any atom is 0.119 e. The van der Waals surface area contributed by atoms with E-state index in [2.05, 4.69) is 36.2 Å². The summed E-state index contributed by atoms with van der Waals surface area (Å²) < 4.78 is 11.0. The fourth-order valence-corrected chi connectivity index (χ4v) is 2.49. The Morgan fingerprint density at radius 1 is 1.45 bits per heavy atom. The zero-order valence-electron chi connectivity index (χ0n) is 12.8. The first-order valence-electron chi connectivity index (χ1n) is 7.38.